The summed E-state index contributed by atoms with van der Waals surface area (Å²) in [5, 5.41) is 7.96. The zero-order chi connectivity index (χ0) is 11.6. The average molecular weight is 200 g/mol. The molecular formula is C10H16O4. The number of esters is 1. The number of ether oxygens (including phenoxy) is 1. The maximum atomic E-state index is 10.2. The number of carboxylic acids is 1. The number of carboxylic acid groups (broad SMARTS) is 1. The molecule has 0 atom stereocenters. The quantitative estimate of drug-likeness (QED) is 0.557. The molecule has 14 heavy (non-hydrogen) atoms. The Hall–Kier alpha value is -1.58. The molecule has 0 amide bonds. The first-order chi connectivity index (χ1) is 6.45. The summed E-state index contributed by atoms with van der Waals surface area (Å²) in [7, 11) is 1.33. The second kappa shape index (κ2) is 9.51. The van der Waals surface area contributed by atoms with E-state index in [2.05, 4.69) is 11.3 Å². The maximum Gasteiger partial charge on any atom is 0.332 e. The minimum atomic E-state index is -0.873. The lowest BCUT2D eigenvalue weighted by molar-refractivity contribution is -0.136. The fourth-order valence-corrected chi connectivity index (χ4v) is 0.393. The minimum absolute atomic E-state index is 0.347. The molecule has 0 spiro atoms. The molecule has 0 radical (unpaired) electrons. The van der Waals surface area contributed by atoms with Crippen molar-refractivity contribution in [2.45, 2.75) is 20.3 Å². The second-order valence-electron chi connectivity index (χ2n) is 2.42. The number of rotatable bonds is 3. The molecule has 0 heterocycles. The summed E-state index contributed by atoms with van der Waals surface area (Å²) in [6.45, 7) is 6.84. The van der Waals surface area contributed by atoms with Crippen LogP contribution in [0.2, 0.25) is 0 Å². The van der Waals surface area contributed by atoms with E-state index in [-0.39, 0.29) is 5.97 Å². The van der Waals surface area contributed by atoms with Gasteiger partial charge in [-0.3, -0.25) is 0 Å². The summed E-state index contributed by atoms with van der Waals surface area (Å²) < 4.78 is 4.27. The first kappa shape index (κ1) is 14.9. The molecule has 1 N–H and O–H groups in total. The number of aliphatic carboxylic acids is 1. The highest BCUT2D eigenvalue weighted by Crippen LogP contribution is 1.87. The molecule has 0 unspecified atom stereocenters. The molecule has 0 fully saturated rings. The van der Waals surface area contributed by atoms with Crippen LogP contribution in [0, 0.1) is 0 Å². The van der Waals surface area contributed by atoms with Gasteiger partial charge in [-0.1, -0.05) is 19.6 Å². The number of carbonyl (C=O) groups is 2. The van der Waals surface area contributed by atoms with Crippen molar-refractivity contribution in [2.24, 2.45) is 0 Å². The van der Waals surface area contributed by atoms with E-state index >= 15 is 0 Å². The standard InChI is InChI=1S/2C5H8O2/c1-4(2)5(6)7-3;1-2-3-4-5(6)7/h1H2,2-3H3;3-4H,2H2,1H3,(H,6,7). The van der Waals surface area contributed by atoms with Crippen LogP contribution in [0.15, 0.2) is 24.3 Å². The third kappa shape index (κ3) is 13.0. The first-order valence-corrected chi connectivity index (χ1v) is 4.09. The van der Waals surface area contributed by atoms with E-state index in [9.17, 15) is 9.59 Å². The molecular weight excluding hydrogens is 184 g/mol. The van der Waals surface area contributed by atoms with E-state index < -0.39 is 5.97 Å². The maximum absolute atomic E-state index is 10.2. The molecule has 0 aromatic heterocycles. The van der Waals surface area contributed by atoms with Gasteiger partial charge < -0.3 is 9.84 Å². The van der Waals surface area contributed by atoms with Gasteiger partial charge in [0, 0.05) is 11.6 Å². The summed E-state index contributed by atoms with van der Waals surface area (Å²) in [4.78, 5) is 19.9. The van der Waals surface area contributed by atoms with E-state index in [1.54, 1.807) is 13.0 Å². The predicted octanol–water partition coefficient (Wildman–Crippen LogP) is 1.77. The molecule has 0 aromatic carbocycles. The van der Waals surface area contributed by atoms with E-state index in [0.29, 0.717) is 5.57 Å². The number of hydrogen-bond acceptors (Lipinski definition) is 3. The van der Waals surface area contributed by atoms with Gasteiger partial charge in [0.25, 0.3) is 0 Å². The predicted molar refractivity (Wildman–Crippen MR) is 53.9 cm³/mol. The van der Waals surface area contributed by atoms with Crippen LogP contribution in [0.25, 0.3) is 0 Å². The van der Waals surface area contributed by atoms with Crippen molar-refractivity contribution in [3.63, 3.8) is 0 Å². The summed E-state index contributed by atoms with van der Waals surface area (Å²) in [6, 6.07) is 0. The van der Waals surface area contributed by atoms with Crippen LogP contribution < -0.4 is 0 Å². The van der Waals surface area contributed by atoms with Crippen LogP contribution in [-0.4, -0.2) is 24.2 Å². The Morgan fingerprint density at radius 1 is 1.50 bits per heavy atom. The number of hydrogen-bond donors (Lipinski definition) is 1. The Morgan fingerprint density at radius 2 is 2.00 bits per heavy atom. The van der Waals surface area contributed by atoms with Crippen LogP contribution in [0.3, 0.4) is 0 Å². The Morgan fingerprint density at radius 3 is 2.07 bits per heavy atom. The number of carbonyl (C=O) groups excluding carboxylic acids is 1. The van der Waals surface area contributed by atoms with Gasteiger partial charge in [-0.05, 0) is 13.3 Å². The van der Waals surface area contributed by atoms with Crippen molar-refractivity contribution < 1.29 is 19.4 Å². The minimum Gasteiger partial charge on any atom is -0.478 e. The fraction of sp³-hybridized carbons (Fsp3) is 0.400. The first-order valence-electron chi connectivity index (χ1n) is 4.09. The van der Waals surface area contributed by atoms with Gasteiger partial charge in [0.05, 0.1) is 7.11 Å². The van der Waals surface area contributed by atoms with E-state index in [0.717, 1.165) is 12.5 Å². The normalized spacial score (nSPS) is 8.79. The van der Waals surface area contributed by atoms with Gasteiger partial charge in [-0.25, -0.2) is 9.59 Å². The lowest BCUT2D eigenvalue weighted by Crippen LogP contribution is -1.98. The van der Waals surface area contributed by atoms with Gasteiger partial charge in [0.2, 0.25) is 0 Å². The van der Waals surface area contributed by atoms with E-state index in [4.69, 9.17) is 5.11 Å². The highest BCUT2D eigenvalue weighted by molar-refractivity contribution is 5.86. The summed E-state index contributed by atoms with van der Waals surface area (Å²) in [5.74, 6) is -1.22. The highest BCUT2D eigenvalue weighted by atomic mass is 16.5. The largest absolute Gasteiger partial charge is 0.478 e. The Kier molecular flexibility index (Phi) is 10.1. The van der Waals surface area contributed by atoms with Gasteiger partial charge in [0.15, 0.2) is 0 Å². The molecule has 0 bridgehead atoms. The second-order valence-corrected chi connectivity index (χ2v) is 2.42. The van der Waals surface area contributed by atoms with Gasteiger partial charge in [0.1, 0.15) is 0 Å². The Labute approximate surface area is 83.9 Å². The van der Waals surface area contributed by atoms with Gasteiger partial charge in [-0.2, -0.15) is 0 Å². The van der Waals surface area contributed by atoms with Gasteiger partial charge >= 0.3 is 11.9 Å². The average Bonchev–Trinajstić information content (AvgIpc) is 2.14. The van der Waals surface area contributed by atoms with Crippen LogP contribution in [-0.2, 0) is 14.3 Å². The van der Waals surface area contributed by atoms with Gasteiger partial charge in [-0.15, -0.1) is 0 Å². The molecule has 80 valence electrons. The van der Waals surface area contributed by atoms with Crippen LogP contribution in [0.1, 0.15) is 20.3 Å². The Bertz CT molecular complexity index is 228. The zero-order valence-corrected chi connectivity index (χ0v) is 8.74. The summed E-state index contributed by atoms with van der Waals surface area (Å²) in [5.41, 5.74) is 0.433. The SMILES string of the molecule is C=C(C)C(=O)OC.CCC=CC(=O)O. The highest BCUT2D eigenvalue weighted by Gasteiger charge is 1.95. The van der Waals surface area contributed by atoms with E-state index in [1.807, 2.05) is 6.92 Å². The molecule has 0 aliphatic carbocycles. The van der Waals surface area contributed by atoms with Crippen molar-refractivity contribution in [3.05, 3.63) is 24.3 Å². The third-order valence-electron chi connectivity index (χ3n) is 1.03. The molecule has 0 aliphatic rings. The molecule has 0 aliphatic heterocycles. The van der Waals surface area contributed by atoms with Crippen molar-refractivity contribution >= 4 is 11.9 Å². The topological polar surface area (TPSA) is 63.6 Å². The summed E-state index contributed by atoms with van der Waals surface area (Å²) in [6.07, 6.45) is 3.52. The van der Waals surface area contributed by atoms with E-state index in [1.165, 1.54) is 7.11 Å². The van der Waals surface area contributed by atoms with Crippen LogP contribution in [0.5, 0.6) is 0 Å². The third-order valence-corrected chi connectivity index (χ3v) is 1.03. The molecule has 0 rings (SSSR count). The summed E-state index contributed by atoms with van der Waals surface area (Å²) >= 11 is 0. The molecule has 4 heteroatoms. The molecule has 0 aromatic rings. The Balaban J connectivity index is 0. The molecule has 0 saturated heterocycles. The van der Waals surface area contributed by atoms with Crippen molar-refractivity contribution in [1.82, 2.24) is 0 Å². The lowest BCUT2D eigenvalue weighted by Gasteiger charge is -1.91. The number of methoxy groups -OCH3 is 1. The van der Waals surface area contributed by atoms with Crippen molar-refractivity contribution in [3.8, 4) is 0 Å². The molecule has 4 nitrogen and oxygen atoms in total. The molecule has 0 saturated carbocycles. The van der Waals surface area contributed by atoms with Crippen LogP contribution in [0.4, 0.5) is 0 Å². The zero-order valence-electron chi connectivity index (χ0n) is 8.74. The smallest absolute Gasteiger partial charge is 0.332 e. The fourth-order valence-electron chi connectivity index (χ4n) is 0.393. The lowest BCUT2D eigenvalue weighted by atomic mass is 10.4. The van der Waals surface area contributed by atoms with Crippen molar-refractivity contribution in [2.75, 3.05) is 7.11 Å². The van der Waals surface area contributed by atoms with Crippen LogP contribution >= 0.6 is 0 Å². The number of allylic oxidation sites excluding steroid dienone is 1. The monoisotopic (exact) mass is 200 g/mol. The van der Waals surface area contributed by atoms with Crippen molar-refractivity contribution in [1.29, 1.82) is 0 Å².